The number of ether oxygens (including phenoxy) is 1. The molecule has 1 atom stereocenters. The quantitative estimate of drug-likeness (QED) is 0.520. The van der Waals surface area contributed by atoms with Crippen molar-refractivity contribution in [2.24, 2.45) is 0 Å². The van der Waals surface area contributed by atoms with Gasteiger partial charge in [0.05, 0.1) is 23.8 Å². The van der Waals surface area contributed by atoms with Crippen LogP contribution >= 0.6 is 0 Å². The van der Waals surface area contributed by atoms with Crippen LogP contribution in [0.25, 0.3) is 0 Å². The fourth-order valence-corrected chi connectivity index (χ4v) is 2.52. The number of aliphatic hydroxyl groups excluding tert-OH is 1. The molecule has 148 valence electrons. The van der Waals surface area contributed by atoms with Gasteiger partial charge in [0.15, 0.2) is 0 Å². The highest BCUT2D eigenvalue weighted by Crippen LogP contribution is 2.22. The monoisotopic (exact) mass is 400 g/mol. The summed E-state index contributed by atoms with van der Waals surface area (Å²) in [5.41, 5.74) is 3.38. The zero-order valence-corrected chi connectivity index (χ0v) is 15.5. The molecule has 0 unspecified atom stereocenters. The van der Waals surface area contributed by atoms with Crippen LogP contribution in [0.4, 0.5) is 10.5 Å². The summed E-state index contributed by atoms with van der Waals surface area (Å²) in [6.07, 6.45) is 0.952. The first-order valence-electron chi connectivity index (χ1n) is 7.82. The minimum Gasteiger partial charge on any atom is -0.444 e. The highest BCUT2D eigenvalue weighted by atomic mass is 32.2. The topological polar surface area (TPSA) is 142 Å². The lowest BCUT2D eigenvalue weighted by Crippen LogP contribution is -2.36. The molecular weight excluding hydrogens is 380 g/mol. The van der Waals surface area contributed by atoms with Crippen LogP contribution in [-0.2, 0) is 21.4 Å². The minimum absolute atomic E-state index is 0.00912. The molecule has 0 radical (unpaired) electrons. The van der Waals surface area contributed by atoms with Crippen molar-refractivity contribution in [2.75, 3.05) is 19.8 Å². The summed E-state index contributed by atoms with van der Waals surface area (Å²) in [6.45, 7) is -0.0947. The van der Waals surface area contributed by atoms with Gasteiger partial charge in [-0.15, -0.1) is 4.41 Å². The number of rotatable bonds is 6. The summed E-state index contributed by atoms with van der Waals surface area (Å²) >= 11 is 0. The number of sulfonamides is 1. The van der Waals surface area contributed by atoms with E-state index in [1.807, 2.05) is 0 Å². The molecule has 1 saturated heterocycles. The van der Waals surface area contributed by atoms with Gasteiger partial charge in [-0.1, -0.05) is 0 Å². The number of carbonyl (C=O) groups is 1. The van der Waals surface area contributed by atoms with E-state index < -0.39 is 27.1 Å². The van der Waals surface area contributed by atoms with E-state index in [9.17, 15) is 28.4 Å². The number of nitro benzene ring substituents is 1. The van der Waals surface area contributed by atoms with Crippen LogP contribution in [-0.4, -0.2) is 59.8 Å². The predicted octanol–water partition coefficient (Wildman–Crippen LogP) is 0.535. The Labute approximate surface area is 156 Å². The average molecular weight is 400 g/mol. The van der Waals surface area contributed by atoms with E-state index in [1.165, 1.54) is 42.4 Å². The molecule has 0 aliphatic carbocycles. The second-order valence-corrected chi connectivity index (χ2v) is 7.96. The average Bonchev–Trinajstić information content (AvgIpc) is 2.97. The lowest BCUT2D eigenvalue weighted by Gasteiger charge is -2.19. The Morgan fingerprint density at radius 1 is 1.48 bits per heavy atom. The maximum absolute atomic E-state index is 12.3. The molecule has 1 amide bonds. The van der Waals surface area contributed by atoms with Gasteiger partial charge in [0.2, 0.25) is 10.0 Å². The number of nitrogens with zero attached hydrogens (tertiary/aromatic N) is 3. The van der Waals surface area contributed by atoms with Crippen molar-refractivity contribution >= 4 is 21.8 Å². The minimum atomic E-state index is -3.47. The van der Waals surface area contributed by atoms with E-state index in [-0.39, 0.29) is 25.3 Å². The number of benzene rings is 1. The Hall–Kier alpha value is -2.70. The van der Waals surface area contributed by atoms with Crippen molar-refractivity contribution in [2.45, 2.75) is 19.1 Å². The third-order valence-corrected chi connectivity index (χ3v) is 4.93. The molecule has 1 aromatic rings. The summed E-state index contributed by atoms with van der Waals surface area (Å²) in [4.78, 5) is 23.6. The number of non-ortho nitro benzene ring substituents is 1. The van der Waals surface area contributed by atoms with Gasteiger partial charge in [0.25, 0.3) is 5.69 Å². The lowest BCUT2D eigenvalue weighted by atomic mass is 10.2. The van der Waals surface area contributed by atoms with Gasteiger partial charge in [-0.25, -0.2) is 13.2 Å². The van der Waals surface area contributed by atoms with Crippen LogP contribution in [0.15, 0.2) is 36.2 Å². The second-order valence-electron chi connectivity index (χ2n) is 5.94. The van der Waals surface area contributed by atoms with Crippen molar-refractivity contribution < 1.29 is 28.0 Å². The van der Waals surface area contributed by atoms with Crippen molar-refractivity contribution in [3.8, 4) is 0 Å². The molecule has 1 aliphatic rings. The SMILES string of the molecule is CN(NC=C1C[C@@H](O)CN1C(=O)OCc1ccc([N+](=O)[O-])cc1)S(C)(=O)=O. The smallest absolute Gasteiger partial charge is 0.414 e. The Balaban J connectivity index is 1.99. The van der Waals surface area contributed by atoms with Gasteiger partial charge in [0, 0.05) is 37.5 Å². The molecule has 27 heavy (non-hydrogen) atoms. The number of likely N-dealkylation sites (tertiary alicyclic amines) is 1. The molecule has 0 spiro atoms. The van der Waals surface area contributed by atoms with Gasteiger partial charge < -0.3 is 15.3 Å². The predicted molar refractivity (Wildman–Crippen MR) is 94.4 cm³/mol. The molecule has 2 rings (SSSR count). The van der Waals surface area contributed by atoms with Crippen molar-refractivity contribution in [3.05, 3.63) is 51.8 Å². The van der Waals surface area contributed by atoms with Crippen molar-refractivity contribution in [3.63, 3.8) is 0 Å². The molecule has 11 nitrogen and oxygen atoms in total. The van der Waals surface area contributed by atoms with E-state index in [2.05, 4.69) is 5.43 Å². The van der Waals surface area contributed by atoms with E-state index in [0.717, 1.165) is 10.7 Å². The number of nitro groups is 1. The number of aliphatic hydroxyl groups is 1. The van der Waals surface area contributed by atoms with E-state index in [0.29, 0.717) is 11.3 Å². The zero-order chi connectivity index (χ0) is 20.2. The first kappa shape index (κ1) is 20.6. The first-order valence-corrected chi connectivity index (χ1v) is 9.67. The molecule has 12 heteroatoms. The Morgan fingerprint density at radius 2 is 2.11 bits per heavy atom. The van der Waals surface area contributed by atoms with Gasteiger partial charge in [-0.05, 0) is 17.7 Å². The number of nitrogens with one attached hydrogen (secondary N) is 1. The zero-order valence-electron chi connectivity index (χ0n) is 14.7. The van der Waals surface area contributed by atoms with Crippen LogP contribution < -0.4 is 5.43 Å². The van der Waals surface area contributed by atoms with Crippen molar-refractivity contribution in [1.82, 2.24) is 14.7 Å². The largest absolute Gasteiger partial charge is 0.444 e. The van der Waals surface area contributed by atoms with E-state index in [4.69, 9.17) is 4.74 Å². The first-order chi connectivity index (χ1) is 12.6. The second kappa shape index (κ2) is 8.33. The summed E-state index contributed by atoms with van der Waals surface area (Å²) in [7, 11) is -2.17. The molecule has 2 N–H and O–H groups in total. The Kier molecular flexibility index (Phi) is 6.36. The molecule has 1 aliphatic heterocycles. The third-order valence-electron chi connectivity index (χ3n) is 3.83. The molecule has 1 aromatic carbocycles. The molecule has 0 bridgehead atoms. The Morgan fingerprint density at radius 3 is 2.67 bits per heavy atom. The van der Waals surface area contributed by atoms with Crippen molar-refractivity contribution in [1.29, 1.82) is 0 Å². The van der Waals surface area contributed by atoms with Crippen LogP contribution in [0, 0.1) is 10.1 Å². The maximum Gasteiger partial charge on any atom is 0.414 e. The number of carbonyl (C=O) groups excluding carboxylic acids is 1. The number of amides is 1. The summed E-state index contributed by atoms with van der Waals surface area (Å²) in [6, 6.07) is 5.56. The van der Waals surface area contributed by atoms with E-state index in [1.54, 1.807) is 0 Å². The van der Waals surface area contributed by atoms with Crippen LogP contribution in [0.5, 0.6) is 0 Å². The van der Waals surface area contributed by atoms with Gasteiger partial charge in [0.1, 0.15) is 6.61 Å². The molecule has 1 fully saturated rings. The number of hydrogen-bond donors (Lipinski definition) is 2. The van der Waals surface area contributed by atoms with Crippen LogP contribution in [0.3, 0.4) is 0 Å². The summed E-state index contributed by atoms with van der Waals surface area (Å²) in [5.74, 6) is 0. The molecular formula is C15H20N4O7S. The highest BCUT2D eigenvalue weighted by Gasteiger charge is 2.31. The number of hydrogen-bond acceptors (Lipinski definition) is 8. The molecule has 1 heterocycles. The fraction of sp³-hybridized carbons (Fsp3) is 0.400. The fourth-order valence-electron chi connectivity index (χ4n) is 2.27. The van der Waals surface area contributed by atoms with Crippen LogP contribution in [0.2, 0.25) is 0 Å². The molecule has 0 aromatic heterocycles. The van der Waals surface area contributed by atoms with Gasteiger partial charge in [-0.2, -0.15) is 0 Å². The summed E-state index contributed by atoms with van der Waals surface area (Å²) in [5, 5.41) is 20.4. The highest BCUT2D eigenvalue weighted by molar-refractivity contribution is 7.88. The standard InChI is InChI=1S/C15H20N4O7S/c1-17(27(2,24)25)16-8-13-7-14(20)9-18(13)15(21)26-10-11-3-5-12(6-4-11)19(22)23/h3-6,8,14,16,20H,7,9-10H2,1-2H3/t14-/m1/s1. The number of β-amino-alcohol motifs (C(OH)–C–C–N with tert-alkyl or cyclic N) is 1. The summed E-state index contributed by atoms with van der Waals surface area (Å²) < 4.78 is 28.8. The Bertz CT molecular complexity index is 838. The molecule has 0 saturated carbocycles. The van der Waals surface area contributed by atoms with Gasteiger partial charge in [-0.3, -0.25) is 15.0 Å². The third kappa shape index (κ3) is 5.64. The van der Waals surface area contributed by atoms with Crippen LogP contribution in [0.1, 0.15) is 12.0 Å². The van der Waals surface area contributed by atoms with E-state index >= 15 is 0 Å². The number of hydrazine groups is 1. The lowest BCUT2D eigenvalue weighted by molar-refractivity contribution is -0.384. The normalized spacial score (nSPS) is 18.7. The van der Waals surface area contributed by atoms with Gasteiger partial charge >= 0.3 is 6.09 Å². The maximum atomic E-state index is 12.3.